The molecule has 24 nitrogen and oxygen atoms in total. The van der Waals surface area contributed by atoms with Gasteiger partial charge in [0.05, 0.1) is 37.9 Å². The number of aromatic nitrogens is 6. The number of hydrogen-bond acceptors (Lipinski definition) is 15. The van der Waals surface area contributed by atoms with E-state index in [2.05, 4.69) is 31.2 Å². The lowest BCUT2D eigenvalue weighted by molar-refractivity contribution is 0.000592. The molecular weight excluding hydrogens is 1210 g/mol. The van der Waals surface area contributed by atoms with Gasteiger partial charge in [-0.25, -0.2) is 18.4 Å². The third-order valence-electron chi connectivity index (χ3n) is 16.9. The number of carbonyl (C=O) groups is 6. The van der Waals surface area contributed by atoms with Gasteiger partial charge in [-0.1, -0.05) is 127 Å². The predicted molar refractivity (Wildman–Crippen MR) is 357 cm³/mol. The number of benzene rings is 6. The predicted octanol–water partition coefficient (Wildman–Crippen LogP) is 7.63. The maximum atomic E-state index is 14.4. The molecule has 95 heavy (non-hydrogen) atoms. The van der Waals surface area contributed by atoms with Crippen molar-refractivity contribution in [2.75, 3.05) is 56.8 Å². The Morgan fingerprint density at radius 1 is 0.432 bits per heavy atom. The standard InChI is InChI=1S/C24H26FN5O3.2C23H25N5O3/c1-14-4-2-3-5-17(14)24(32)28-12-15-6-8-16(9-7-15)21-20(23(27)31)22(26)30(29-21)19-10-11-33-13-18(19)25;2*1-14-4-2-3-5-18(14)23(30)26-12-15-6-8-16(9-7-15)20-19(22(25)29)21(24)28(27-20)17-10-11-31-13-17/h2-9,18-19H,10-13,26H2,1H3,(H2,27,31)(H,28,32);2*2-9,17H,10-13,24H2,1H3,(H2,25,29)(H,26,30)/t18-,19+;2*17-/m110/s1. The first-order chi connectivity index (χ1) is 45.8. The van der Waals surface area contributed by atoms with Gasteiger partial charge in [0.1, 0.15) is 57.4 Å². The molecule has 0 saturated carbocycles. The average molecular weight is 1290 g/mol. The summed E-state index contributed by atoms with van der Waals surface area (Å²) in [4.78, 5) is 73.5. The van der Waals surface area contributed by atoms with E-state index in [1.54, 1.807) is 39.7 Å². The van der Waals surface area contributed by atoms with Crippen LogP contribution in [0.1, 0.15) is 133 Å². The van der Waals surface area contributed by atoms with Gasteiger partial charge in [-0.15, -0.1) is 0 Å². The fourth-order valence-electron chi connectivity index (χ4n) is 11.5. The normalized spacial score (nSPS) is 16.5. The summed E-state index contributed by atoms with van der Waals surface area (Å²) >= 11 is 0. The Hall–Kier alpha value is -11.0. The van der Waals surface area contributed by atoms with Crippen LogP contribution in [0.5, 0.6) is 0 Å². The summed E-state index contributed by atoms with van der Waals surface area (Å²) in [6.45, 7) is 9.40. The minimum atomic E-state index is -1.28. The van der Waals surface area contributed by atoms with Crippen LogP contribution >= 0.6 is 0 Å². The molecule has 12 rings (SSSR count). The number of hydrogen-bond donors (Lipinski definition) is 9. The smallest absolute Gasteiger partial charge is 0.254 e. The summed E-state index contributed by atoms with van der Waals surface area (Å²) < 4.78 is 35.0. The molecule has 6 amide bonds. The molecular formula is C70H76FN15O9. The van der Waals surface area contributed by atoms with Crippen molar-refractivity contribution in [1.29, 1.82) is 0 Å². The number of alkyl halides is 1. The first kappa shape index (κ1) is 66.9. The Morgan fingerprint density at radius 2 is 0.726 bits per heavy atom. The van der Waals surface area contributed by atoms with Crippen LogP contribution in [0, 0.1) is 20.8 Å². The highest BCUT2D eigenvalue weighted by Gasteiger charge is 2.34. The summed E-state index contributed by atoms with van der Waals surface area (Å²) in [5, 5.41) is 22.4. The molecule has 0 spiro atoms. The highest BCUT2D eigenvalue weighted by atomic mass is 19.1. The first-order valence-electron chi connectivity index (χ1n) is 31.0. The van der Waals surface area contributed by atoms with Gasteiger partial charge < -0.3 is 64.6 Å². The highest BCUT2D eigenvalue weighted by molar-refractivity contribution is 6.05. The molecule has 3 saturated heterocycles. The quantitative estimate of drug-likeness (QED) is 0.0399. The lowest BCUT2D eigenvalue weighted by atomic mass is 10.0. The Kier molecular flexibility index (Phi) is 21.2. The minimum Gasteiger partial charge on any atom is -0.383 e. The number of nitrogens with two attached hydrogens (primary N) is 6. The Labute approximate surface area is 547 Å². The van der Waals surface area contributed by atoms with E-state index in [1.165, 1.54) is 4.68 Å². The first-order valence-corrected chi connectivity index (χ1v) is 31.0. The monoisotopic (exact) mass is 1290 g/mol. The van der Waals surface area contributed by atoms with Crippen molar-refractivity contribution in [3.63, 3.8) is 0 Å². The fourth-order valence-corrected chi connectivity index (χ4v) is 11.5. The van der Waals surface area contributed by atoms with Crippen LogP contribution in [0.15, 0.2) is 146 Å². The van der Waals surface area contributed by atoms with E-state index in [0.29, 0.717) is 98.4 Å². The minimum absolute atomic E-state index is 0.0113. The van der Waals surface area contributed by atoms with Gasteiger partial charge in [0.15, 0.2) is 0 Å². The molecule has 0 unspecified atom stereocenters. The van der Waals surface area contributed by atoms with E-state index in [9.17, 15) is 33.2 Å². The molecule has 3 aliphatic rings. The molecule has 9 aromatic rings. The number of nitrogens with one attached hydrogen (secondary N) is 3. The van der Waals surface area contributed by atoms with E-state index in [1.807, 2.05) is 136 Å². The van der Waals surface area contributed by atoms with Gasteiger partial charge in [-0.3, -0.25) is 28.8 Å². The molecule has 3 aliphatic heterocycles. The van der Waals surface area contributed by atoms with Crippen molar-refractivity contribution in [2.45, 2.75) is 84.0 Å². The summed E-state index contributed by atoms with van der Waals surface area (Å²) in [6, 6.07) is 43.7. The van der Waals surface area contributed by atoms with Crippen LogP contribution in [0.3, 0.4) is 0 Å². The molecule has 25 heteroatoms. The van der Waals surface area contributed by atoms with Gasteiger partial charge in [-0.2, -0.15) is 15.3 Å². The van der Waals surface area contributed by atoms with Gasteiger partial charge in [-0.05, 0) is 91.6 Å². The lowest BCUT2D eigenvalue weighted by Crippen LogP contribution is -2.32. The molecule has 0 aliphatic carbocycles. The van der Waals surface area contributed by atoms with Crippen LogP contribution in [0.4, 0.5) is 21.8 Å². The summed E-state index contributed by atoms with van der Waals surface area (Å²) in [6.07, 6.45) is 0.671. The number of anilines is 3. The van der Waals surface area contributed by atoms with E-state index < -0.39 is 29.9 Å². The topological polar surface area (TPSA) is 376 Å². The molecule has 3 fully saturated rings. The van der Waals surface area contributed by atoms with Crippen molar-refractivity contribution in [2.24, 2.45) is 17.2 Å². The van der Waals surface area contributed by atoms with Crippen LogP contribution < -0.4 is 50.4 Å². The number of amides is 6. The Bertz CT molecular complexity index is 4090. The third-order valence-corrected chi connectivity index (χ3v) is 16.9. The maximum Gasteiger partial charge on any atom is 0.254 e. The second kappa shape index (κ2) is 30.2. The second-order valence-electron chi connectivity index (χ2n) is 23.3. The molecule has 4 atom stereocenters. The van der Waals surface area contributed by atoms with Crippen LogP contribution in [0.2, 0.25) is 0 Å². The number of carbonyl (C=O) groups excluding carboxylic acids is 6. The molecule has 6 heterocycles. The summed E-state index contributed by atoms with van der Waals surface area (Å²) in [5.41, 5.74) is 46.5. The van der Waals surface area contributed by atoms with Gasteiger partial charge in [0.2, 0.25) is 0 Å². The van der Waals surface area contributed by atoms with Crippen molar-refractivity contribution < 1.29 is 47.4 Å². The Balaban J connectivity index is 0.000000155. The lowest BCUT2D eigenvalue weighted by Gasteiger charge is -2.27. The van der Waals surface area contributed by atoms with Crippen LogP contribution in [-0.4, -0.2) is 111 Å². The zero-order chi connectivity index (χ0) is 67.4. The zero-order valence-corrected chi connectivity index (χ0v) is 52.9. The highest BCUT2D eigenvalue weighted by Crippen LogP contribution is 2.36. The fraction of sp³-hybridized carbons (Fsp3) is 0.271. The van der Waals surface area contributed by atoms with E-state index in [4.69, 9.17) is 48.6 Å². The molecule has 0 bridgehead atoms. The van der Waals surface area contributed by atoms with E-state index >= 15 is 0 Å². The van der Waals surface area contributed by atoms with Gasteiger partial charge >= 0.3 is 0 Å². The summed E-state index contributed by atoms with van der Waals surface area (Å²) in [7, 11) is 0. The molecule has 3 aromatic heterocycles. The van der Waals surface area contributed by atoms with Crippen molar-refractivity contribution in [3.8, 4) is 33.8 Å². The number of aryl methyl sites for hydroxylation is 3. The second-order valence-corrected chi connectivity index (χ2v) is 23.3. The zero-order valence-electron chi connectivity index (χ0n) is 52.9. The number of rotatable bonds is 18. The SMILES string of the molecule is Cc1ccccc1C(=O)NCc1ccc(-c2nn([C@@H]3CCOC3)c(N)c2C(N)=O)cc1.Cc1ccccc1C(=O)NCc1ccc(-c2nn([C@H]3CCOC3)c(N)c2C(N)=O)cc1.Cc1ccccc1C(=O)NCc1ccc(-c2nn([C@H]3CCOC[C@H]3F)c(N)c2C(N)=O)cc1. The number of halogens is 1. The number of nitrogen functional groups attached to an aromatic ring is 3. The average Bonchev–Trinajstić information content (AvgIpc) is 1.65. The third kappa shape index (κ3) is 15.4. The molecule has 0 radical (unpaired) electrons. The number of nitrogens with zero attached hydrogens (tertiary/aromatic N) is 6. The van der Waals surface area contributed by atoms with Crippen LogP contribution in [-0.2, 0) is 33.8 Å². The molecule has 492 valence electrons. The van der Waals surface area contributed by atoms with Crippen molar-refractivity contribution in [3.05, 3.63) is 212 Å². The van der Waals surface area contributed by atoms with Gasteiger partial charge in [0, 0.05) is 72.8 Å². The number of primary amides is 3. The summed E-state index contributed by atoms with van der Waals surface area (Å²) in [5.74, 6) is -1.81. The van der Waals surface area contributed by atoms with Crippen molar-refractivity contribution >= 4 is 52.9 Å². The molecule has 6 aromatic carbocycles. The largest absolute Gasteiger partial charge is 0.383 e. The van der Waals surface area contributed by atoms with Crippen molar-refractivity contribution in [1.82, 2.24) is 45.3 Å². The Morgan fingerprint density at radius 3 is 1.02 bits per heavy atom. The van der Waals surface area contributed by atoms with E-state index in [0.717, 1.165) is 57.3 Å². The van der Waals surface area contributed by atoms with E-state index in [-0.39, 0.29) is 70.6 Å². The molecule has 15 N–H and O–H groups in total. The maximum absolute atomic E-state index is 14.4. The van der Waals surface area contributed by atoms with Crippen LogP contribution in [0.25, 0.3) is 33.8 Å². The van der Waals surface area contributed by atoms with Gasteiger partial charge in [0.25, 0.3) is 35.4 Å². The number of ether oxygens (including phenoxy) is 3.